The highest BCUT2D eigenvalue weighted by atomic mass is 32.1. The lowest BCUT2D eigenvalue weighted by Crippen LogP contribution is -2.24. The molecular weight excluding hydrogens is 244 g/mol. The standard InChI is InChI=1S/C14H22N2OS/c1-14(2,3)11-9-18-13(15-11)16-12(17)10-7-5-4-6-8-10/h9-10H,4-8H2,1-3H3,(H,15,16,17). The Kier molecular flexibility index (Phi) is 4.05. The van der Waals surface area contributed by atoms with E-state index in [1.807, 2.05) is 5.38 Å². The molecule has 1 aliphatic carbocycles. The van der Waals surface area contributed by atoms with Gasteiger partial charge in [-0.2, -0.15) is 0 Å². The Bertz CT molecular complexity index is 414. The van der Waals surface area contributed by atoms with Gasteiger partial charge in [0.1, 0.15) is 0 Å². The first-order chi connectivity index (χ1) is 8.47. The molecule has 0 aromatic carbocycles. The van der Waals surface area contributed by atoms with Crippen LogP contribution in [0, 0.1) is 5.92 Å². The second-order valence-corrected chi connectivity index (χ2v) is 6.97. The number of carbonyl (C=O) groups is 1. The molecule has 1 N–H and O–H groups in total. The van der Waals surface area contributed by atoms with Crippen LogP contribution in [0.15, 0.2) is 5.38 Å². The highest BCUT2D eigenvalue weighted by Crippen LogP contribution is 2.28. The summed E-state index contributed by atoms with van der Waals surface area (Å²) in [4.78, 5) is 16.6. The first kappa shape index (κ1) is 13.5. The molecule has 1 aromatic rings. The monoisotopic (exact) mass is 266 g/mol. The summed E-state index contributed by atoms with van der Waals surface area (Å²) in [5, 5.41) is 5.76. The fourth-order valence-electron chi connectivity index (χ4n) is 2.25. The summed E-state index contributed by atoms with van der Waals surface area (Å²) in [5.41, 5.74) is 1.09. The van der Waals surface area contributed by atoms with Gasteiger partial charge in [0.25, 0.3) is 0 Å². The Balaban J connectivity index is 1.96. The van der Waals surface area contributed by atoms with Gasteiger partial charge in [0.15, 0.2) is 5.13 Å². The first-order valence-electron chi connectivity index (χ1n) is 6.74. The molecule has 0 spiro atoms. The number of nitrogens with one attached hydrogen (secondary N) is 1. The van der Waals surface area contributed by atoms with Crippen LogP contribution in [0.4, 0.5) is 5.13 Å². The van der Waals surface area contributed by atoms with E-state index >= 15 is 0 Å². The van der Waals surface area contributed by atoms with Gasteiger partial charge in [0.2, 0.25) is 5.91 Å². The molecule has 1 aromatic heterocycles. The Morgan fingerprint density at radius 3 is 2.56 bits per heavy atom. The summed E-state index contributed by atoms with van der Waals surface area (Å²) in [6, 6.07) is 0. The SMILES string of the molecule is CC(C)(C)c1csc(NC(=O)C2CCCCC2)n1. The largest absolute Gasteiger partial charge is 0.302 e. The highest BCUT2D eigenvalue weighted by Gasteiger charge is 2.23. The third-order valence-electron chi connectivity index (χ3n) is 3.48. The van der Waals surface area contributed by atoms with Crippen molar-refractivity contribution in [3.63, 3.8) is 0 Å². The number of aromatic nitrogens is 1. The normalized spacial score (nSPS) is 17.7. The van der Waals surface area contributed by atoms with E-state index in [2.05, 4.69) is 31.1 Å². The minimum atomic E-state index is 0.0459. The van der Waals surface area contributed by atoms with Crippen LogP contribution >= 0.6 is 11.3 Å². The van der Waals surface area contributed by atoms with E-state index < -0.39 is 0 Å². The molecule has 1 amide bonds. The maximum absolute atomic E-state index is 12.1. The van der Waals surface area contributed by atoms with Crippen molar-refractivity contribution in [2.45, 2.75) is 58.3 Å². The molecule has 1 heterocycles. The summed E-state index contributed by atoms with van der Waals surface area (Å²) >= 11 is 1.53. The molecule has 0 radical (unpaired) electrons. The van der Waals surface area contributed by atoms with Crippen molar-refractivity contribution in [1.82, 2.24) is 4.98 Å². The molecule has 18 heavy (non-hydrogen) atoms. The molecule has 4 heteroatoms. The Labute approximate surface area is 113 Å². The van der Waals surface area contributed by atoms with E-state index in [1.54, 1.807) is 0 Å². The summed E-state index contributed by atoms with van der Waals surface area (Å²) < 4.78 is 0. The maximum Gasteiger partial charge on any atom is 0.229 e. The van der Waals surface area contributed by atoms with Gasteiger partial charge in [0.05, 0.1) is 5.69 Å². The third kappa shape index (κ3) is 3.31. The lowest BCUT2D eigenvalue weighted by atomic mass is 9.89. The summed E-state index contributed by atoms with van der Waals surface area (Å²) in [6.45, 7) is 6.40. The minimum absolute atomic E-state index is 0.0459. The number of amides is 1. The first-order valence-corrected chi connectivity index (χ1v) is 7.61. The average Bonchev–Trinajstić information content (AvgIpc) is 2.78. The van der Waals surface area contributed by atoms with E-state index in [9.17, 15) is 4.79 Å². The molecule has 3 nitrogen and oxygen atoms in total. The average molecular weight is 266 g/mol. The van der Waals surface area contributed by atoms with Gasteiger partial charge in [-0.3, -0.25) is 4.79 Å². The Morgan fingerprint density at radius 2 is 2.00 bits per heavy atom. The Morgan fingerprint density at radius 1 is 1.33 bits per heavy atom. The van der Waals surface area contributed by atoms with Gasteiger partial charge < -0.3 is 5.32 Å². The van der Waals surface area contributed by atoms with Crippen LogP contribution in [-0.4, -0.2) is 10.9 Å². The van der Waals surface area contributed by atoms with Crippen LogP contribution in [0.2, 0.25) is 0 Å². The number of carbonyl (C=O) groups excluding carboxylic acids is 1. The van der Waals surface area contributed by atoms with Crippen molar-refractivity contribution >= 4 is 22.4 Å². The van der Waals surface area contributed by atoms with Crippen molar-refractivity contribution in [3.8, 4) is 0 Å². The zero-order valence-electron chi connectivity index (χ0n) is 11.5. The maximum atomic E-state index is 12.1. The Hall–Kier alpha value is -0.900. The van der Waals surface area contributed by atoms with Crippen LogP contribution in [-0.2, 0) is 10.2 Å². The van der Waals surface area contributed by atoms with Crippen molar-refractivity contribution in [1.29, 1.82) is 0 Å². The molecule has 0 atom stereocenters. The molecule has 0 saturated heterocycles. The van der Waals surface area contributed by atoms with Gasteiger partial charge in [-0.25, -0.2) is 4.98 Å². The number of hydrogen-bond donors (Lipinski definition) is 1. The van der Waals surface area contributed by atoms with Gasteiger partial charge in [0, 0.05) is 16.7 Å². The fourth-order valence-corrected chi connectivity index (χ4v) is 3.19. The molecule has 0 unspecified atom stereocenters. The zero-order chi connectivity index (χ0) is 13.2. The topological polar surface area (TPSA) is 42.0 Å². The van der Waals surface area contributed by atoms with E-state index in [1.165, 1.54) is 30.6 Å². The molecule has 0 bridgehead atoms. The van der Waals surface area contributed by atoms with Gasteiger partial charge >= 0.3 is 0 Å². The van der Waals surface area contributed by atoms with E-state index in [0.29, 0.717) is 0 Å². The smallest absolute Gasteiger partial charge is 0.229 e. The van der Waals surface area contributed by atoms with Crippen LogP contribution in [0.5, 0.6) is 0 Å². The third-order valence-corrected chi connectivity index (χ3v) is 4.24. The van der Waals surface area contributed by atoms with Crippen molar-refractivity contribution in [2.75, 3.05) is 5.32 Å². The van der Waals surface area contributed by atoms with Crippen LogP contribution < -0.4 is 5.32 Å². The second-order valence-electron chi connectivity index (χ2n) is 6.11. The predicted molar refractivity (Wildman–Crippen MR) is 76.0 cm³/mol. The van der Waals surface area contributed by atoms with Gasteiger partial charge in [-0.1, -0.05) is 40.0 Å². The van der Waals surface area contributed by atoms with Crippen LogP contribution in [0.1, 0.15) is 58.6 Å². The van der Waals surface area contributed by atoms with E-state index in [-0.39, 0.29) is 17.2 Å². The van der Waals surface area contributed by atoms with Crippen molar-refractivity contribution in [2.24, 2.45) is 5.92 Å². The molecule has 2 rings (SSSR count). The molecule has 1 fully saturated rings. The molecular formula is C14H22N2OS. The van der Waals surface area contributed by atoms with Crippen LogP contribution in [0.3, 0.4) is 0 Å². The summed E-state index contributed by atoms with van der Waals surface area (Å²) in [6.07, 6.45) is 5.70. The summed E-state index contributed by atoms with van der Waals surface area (Å²) in [7, 11) is 0. The summed E-state index contributed by atoms with van der Waals surface area (Å²) in [5.74, 6) is 0.352. The second kappa shape index (κ2) is 5.39. The lowest BCUT2D eigenvalue weighted by molar-refractivity contribution is -0.120. The van der Waals surface area contributed by atoms with Gasteiger partial charge in [-0.05, 0) is 12.8 Å². The predicted octanol–water partition coefficient (Wildman–Crippen LogP) is 3.96. The number of anilines is 1. The highest BCUT2D eigenvalue weighted by molar-refractivity contribution is 7.13. The number of thiazole rings is 1. The minimum Gasteiger partial charge on any atom is -0.302 e. The fraction of sp³-hybridized carbons (Fsp3) is 0.714. The quantitative estimate of drug-likeness (QED) is 0.880. The van der Waals surface area contributed by atoms with Gasteiger partial charge in [-0.15, -0.1) is 11.3 Å². The number of rotatable bonds is 2. The molecule has 1 aliphatic rings. The molecule has 100 valence electrons. The zero-order valence-corrected chi connectivity index (χ0v) is 12.3. The number of hydrogen-bond acceptors (Lipinski definition) is 3. The van der Waals surface area contributed by atoms with Crippen LogP contribution in [0.25, 0.3) is 0 Å². The number of nitrogens with zero attached hydrogens (tertiary/aromatic N) is 1. The lowest BCUT2D eigenvalue weighted by Gasteiger charge is -2.20. The molecule has 1 saturated carbocycles. The molecule has 0 aliphatic heterocycles. The van der Waals surface area contributed by atoms with Crippen molar-refractivity contribution < 1.29 is 4.79 Å². The van der Waals surface area contributed by atoms with E-state index in [0.717, 1.165) is 23.7 Å². The van der Waals surface area contributed by atoms with E-state index in [4.69, 9.17) is 0 Å². The van der Waals surface area contributed by atoms with Crippen molar-refractivity contribution in [3.05, 3.63) is 11.1 Å².